The van der Waals surface area contributed by atoms with Crippen molar-refractivity contribution in [1.29, 1.82) is 0 Å². The van der Waals surface area contributed by atoms with Crippen LogP contribution in [0.15, 0.2) is 53.9 Å². The van der Waals surface area contributed by atoms with Gasteiger partial charge in [0.05, 0.1) is 0 Å². The molecule has 1 atom stereocenters. The van der Waals surface area contributed by atoms with E-state index in [9.17, 15) is 5.11 Å². The zero-order chi connectivity index (χ0) is 13.9. The second kappa shape index (κ2) is 5.65. The predicted molar refractivity (Wildman–Crippen MR) is 85.2 cm³/mol. The minimum absolute atomic E-state index is 0.113. The fourth-order valence-electron chi connectivity index (χ4n) is 2.40. The molecule has 20 heavy (non-hydrogen) atoms. The third-order valence-electron chi connectivity index (χ3n) is 3.56. The second-order valence-corrected chi connectivity index (χ2v) is 5.94. The van der Waals surface area contributed by atoms with Crippen molar-refractivity contribution in [2.75, 3.05) is 0 Å². The standard InChI is InChI=1S/C17H17NOS/c1-12(18-11-14-6-4-10-20-14)15-9-8-13-5-2-3-7-16(13)17(15)19/h2-10,12,18-19H,11H2,1H3. The van der Waals surface area contributed by atoms with Crippen LogP contribution in [0.25, 0.3) is 10.8 Å². The molecule has 0 saturated heterocycles. The quantitative estimate of drug-likeness (QED) is 0.741. The Hall–Kier alpha value is -1.84. The second-order valence-electron chi connectivity index (χ2n) is 4.91. The predicted octanol–water partition coefficient (Wildman–Crippen LogP) is 4.46. The Morgan fingerprint density at radius 3 is 2.75 bits per heavy atom. The SMILES string of the molecule is CC(NCc1cccs1)c1ccc2ccccc2c1O. The maximum absolute atomic E-state index is 10.4. The van der Waals surface area contributed by atoms with E-state index in [0.29, 0.717) is 5.75 Å². The molecule has 0 aliphatic carbocycles. The van der Waals surface area contributed by atoms with Crippen molar-refractivity contribution < 1.29 is 5.11 Å². The number of nitrogens with one attached hydrogen (secondary N) is 1. The molecule has 1 aromatic heterocycles. The molecule has 2 aromatic carbocycles. The summed E-state index contributed by atoms with van der Waals surface area (Å²) in [5.74, 6) is 0.384. The number of hydrogen-bond acceptors (Lipinski definition) is 3. The highest BCUT2D eigenvalue weighted by Crippen LogP contribution is 2.32. The van der Waals surface area contributed by atoms with Crippen molar-refractivity contribution in [2.45, 2.75) is 19.5 Å². The molecule has 0 fully saturated rings. The molecule has 0 aliphatic heterocycles. The third kappa shape index (κ3) is 2.55. The number of fused-ring (bicyclic) bond motifs is 1. The Kier molecular flexibility index (Phi) is 3.72. The lowest BCUT2D eigenvalue weighted by molar-refractivity contribution is 0.459. The van der Waals surface area contributed by atoms with Gasteiger partial charge in [0.25, 0.3) is 0 Å². The van der Waals surface area contributed by atoms with Crippen molar-refractivity contribution in [1.82, 2.24) is 5.32 Å². The van der Waals surface area contributed by atoms with Gasteiger partial charge in [0.15, 0.2) is 0 Å². The molecule has 0 aliphatic rings. The lowest BCUT2D eigenvalue weighted by Crippen LogP contribution is -2.17. The number of benzene rings is 2. The van der Waals surface area contributed by atoms with E-state index in [-0.39, 0.29) is 6.04 Å². The molecule has 0 bridgehead atoms. The first kappa shape index (κ1) is 13.2. The molecule has 2 N–H and O–H groups in total. The first-order valence-corrected chi connectivity index (χ1v) is 7.60. The Morgan fingerprint density at radius 2 is 1.95 bits per heavy atom. The van der Waals surface area contributed by atoms with E-state index in [0.717, 1.165) is 22.9 Å². The minimum Gasteiger partial charge on any atom is -0.507 e. The van der Waals surface area contributed by atoms with Crippen LogP contribution in [0.5, 0.6) is 5.75 Å². The third-order valence-corrected chi connectivity index (χ3v) is 4.44. The van der Waals surface area contributed by atoms with Gasteiger partial charge in [-0.3, -0.25) is 0 Å². The topological polar surface area (TPSA) is 32.3 Å². The van der Waals surface area contributed by atoms with E-state index in [2.05, 4.69) is 35.8 Å². The molecule has 0 spiro atoms. The van der Waals surface area contributed by atoms with Gasteiger partial charge in [-0.2, -0.15) is 0 Å². The largest absolute Gasteiger partial charge is 0.507 e. The van der Waals surface area contributed by atoms with Crippen LogP contribution >= 0.6 is 11.3 Å². The van der Waals surface area contributed by atoms with Crippen molar-refractivity contribution in [2.24, 2.45) is 0 Å². The highest BCUT2D eigenvalue weighted by Gasteiger charge is 2.12. The summed E-state index contributed by atoms with van der Waals surface area (Å²) in [5, 5.41) is 18.0. The Labute approximate surface area is 122 Å². The van der Waals surface area contributed by atoms with Crippen LogP contribution in [0, 0.1) is 0 Å². The number of rotatable bonds is 4. The van der Waals surface area contributed by atoms with Gasteiger partial charge in [-0.05, 0) is 23.8 Å². The zero-order valence-corrected chi connectivity index (χ0v) is 12.2. The van der Waals surface area contributed by atoms with Crippen LogP contribution < -0.4 is 5.32 Å². The normalized spacial score (nSPS) is 12.7. The Bertz CT molecular complexity index is 706. The van der Waals surface area contributed by atoms with Crippen LogP contribution in [0.2, 0.25) is 0 Å². The van der Waals surface area contributed by atoms with Gasteiger partial charge in [0.2, 0.25) is 0 Å². The monoisotopic (exact) mass is 283 g/mol. The summed E-state index contributed by atoms with van der Waals surface area (Å²) in [6.07, 6.45) is 0. The number of aromatic hydroxyl groups is 1. The summed E-state index contributed by atoms with van der Waals surface area (Å²) in [7, 11) is 0. The van der Waals surface area contributed by atoms with Crippen molar-refractivity contribution in [3.63, 3.8) is 0 Å². The Balaban J connectivity index is 1.84. The van der Waals surface area contributed by atoms with Gasteiger partial charge in [-0.1, -0.05) is 42.5 Å². The van der Waals surface area contributed by atoms with E-state index in [1.165, 1.54) is 4.88 Å². The lowest BCUT2D eigenvalue weighted by atomic mass is 10.0. The average Bonchev–Trinajstić information content (AvgIpc) is 2.99. The first-order chi connectivity index (χ1) is 9.75. The van der Waals surface area contributed by atoms with Gasteiger partial charge < -0.3 is 10.4 Å². The van der Waals surface area contributed by atoms with E-state index >= 15 is 0 Å². The smallest absolute Gasteiger partial charge is 0.128 e. The van der Waals surface area contributed by atoms with Gasteiger partial charge >= 0.3 is 0 Å². The van der Waals surface area contributed by atoms with Gasteiger partial charge in [-0.25, -0.2) is 0 Å². The van der Waals surface area contributed by atoms with Crippen molar-refractivity contribution >= 4 is 22.1 Å². The fourth-order valence-corrected chi connectivity index (χ4v) is 3.05. The van der Waals surface area contributed by atoms with Crippen molar-refractivity contribution in [3.05, 3.63) is 64.4 Å². The number of thiophene rings is 1. The van der Waals surface area contributed by atoms with Crippen LogP contribution in [-0.4, -0.2) is 5.11 Å². The van der Waals surface area contributed by atoms with E-state index < -0.39 is 0 Å². The molecule has 2 nitrogen and oxygen atoms in total. The molecule has 1 heterocycles. The molecule has 0 radical (unpaired) electrons. The lowest BCUT2D eigenvalue weighted by Gasteiger charge is -2.16. The van der Waals surface area contributed by atoms with Crippen LogP contribution in [0.1, 0.15) is 23.4 Å². The summed E-state index contributed by atoms with van der Waals surface area (Å²) in [6.45, 7) is 2.91. The maximum atomic E-state index is 10.4. The van der Waals surface area contributed by atoms with Gasteiger partial charge in [0, 0.05) is 28.4 Å². The van der Waals surface area contributed by atoms with Gasteiger partial charge in [-0.15, -0.1) is 11.3 Å². The van der Waals surface area contributed by atoms with E-state index in [1.54, 1.807) is 11.3 Å². The molecule has 0 amide bonds. The highest BCUT2D eigenvalue weighted by atomic mass is 32.1. The number of phenols is 1. The molecule has 0 saturated carbocycles. The molecular formula is C17H17NOS. The number of phenolic OH excluding ortho intramolecular Hbond substituents is 1. The van der Waals surface area contributed by atoms with Gasteiger partial charge in [0.1, 0.15) is 5.75 Å². The average molecular weight is 283 g/mol. The van der Waals surface area contributed by atoms with Crippen LogP contribution in [0.4, 0.5) is 0 Å². The van der Waals surface area contributed by atoms with Crippen LogP contribution in [0.3, 0.4) is 0 Å². The zero-order valence-electron chi connectivity index (χ0n) is 11.3. The highest BCUT2D eigenvalue weighted by molar-refractivity contribution is 7.09. The molecule has 3 heteroatoms. The maximum Gasteiger partial charge on any atom is 0.128 e. The van der Waals surface area contributed by atoms with Crippen molar-refractivity contribution in [3.8, 4) is 5.75 Å². The molecule has 1 unspecified atom stereocenters. The molecule has 102 valence electrons. The molecule has 3 rings (SSSR count). The summed E-state index contributed by atoms with van der Waals surface area (Å²) in [5.41, 5.74) is 0.945. The molecule has 3 aromatic rings. The summed E-state index contributed by atoms with van der Waals surface area (Å²) < 4.78 is 0. The summed E-state index contributed by atoms with van der Waals surface area (Å²) in [4.78, 5) is 1.30. The van der Waals surface area contributed by atoms with E-state index in [4.69, 9.17) is 0 Å². The first-order valence-electron chi connectivity index (χ1n) is 6.72. The number of hydrogen-bond donors (Lipinski definition) is 2. The summed E-state index contributed by atoms with van der Waals surface area (Å²) >= 11 is 1.74. The van der Waals surface area contributed by atoms with E-state index in [1.807, 2.05) is 30.3 Å². The Morgan fingerprint density at radius 1 is 1.10 bits per heavy atom. The van der Waals surface area contributed by atoms with Crippen LogP contribution in [-0.2, 0) is 6.54 Å². The summed E-state index contributed by atoms with van der Waals surface area (Å²) in [6, 6.07) is 16.3. The minimum atomic E-state index is 0.113. The fraction of sp³-hybridized carbons (Fsp3) is 0.176. The molecular weight excluding hydrogens is 266 g/mol.